The van der Waals surface area contributed by atoms with Crippen molar-refractivity contribution >= 4 is 0 Å². The average molecular weight is 193 g/mol. The topological polar surface area (TPSA) is 38.7 Å². The maximum Gasteiger partial charge on any atom is 0.138 e. The van der Waals surface area contributed by atoms with E-state index in [4.69, 9.17) is 0 Å². The Balaban J connectivity index is 2.79. The zero-order valence-electron chi connectivity index (χ0n) is 9.32. The van der Waals surface area contributed by atoms with E-state index in [1.165, 1.54) is 25.6 Å². The van der Waals surface area contributed by atoms with Gasteiger partial charge in [0.05, 0.1) is 11.9 Å². The highest BCUT2D eigenvalue weighted by Crippen LogP contribution is 2.30. The lowest BCUT2D eigenvalue weighted by atomic mass is 9.79. The van der Waals surface area contributed by atoms with Crippen molar-refractivity contribution in [2.75, 3.05) is 0 Å². The summed E-state index contributed by atoms with van der Waals surface area (Å²) in [5.74, 6) is 0. The van der Waals surface area contributed by atoms with Crippen molar-refractivity contribution in [1.82, 2.24) is 15.2 Å². The summed E-state index contributed by atoms with van der Waals surface area (Å²) in [6.45, 7) is 6.68. The summed E-state index contributed by atoms with van der Waals surface area (Å²) in [4.78, 5) is 4.30. The third kappa shape index (κ3) is 2.50. The van der Waals surface area contributed by atoms with Crippen molar-refractivity contribution in [3.63, 3.8) is 0 Å². The summed E-state index contributed by atoms with van der Waals surface area (Å²) in [5, 5.41) is 7.61. The zero-order chi connectivity index (χ0) is 10.4. The van der Waals surface area contributed by atoms with Crippen molar-refractivity contribution in [3.05, 3.63) is 18.2 Å². The van der Waals surface area contributed by atoms with E-state index in [0.717, 1.165) is 12.1 Å². The molecule has 0 fully saturated rings. The zero-order valence-corrected chi connectivity index (χ0v) is 9.32. The van der Waals surface area contributed by atoms with Gasteiger partial charge in [-0.1, -0.05) is 33.6 Å². The van der Waals surface area contributed by atoms with Gasteiger partial charge in [-0.15, -0.1) is 5.10 Å². The number of rotatable bonds is 5. The second-order valence-electron chi connectivity index (χ2n) is 4.01. The van der Waals surface area contributed by atoms with E-state index in [1.807, 2.05) is 0 Å². The van der Waals surface area contributed by atoms with E-state index in [0.29, 0.717) is 0 Å². The Kier molecular flexibility index (Phi) is 3.98. The van der Waals surface area contributed by atoms with Crippen molar-refractivity contribution in [1.29, 1.82) is 0 Å². The molecular weight excluding hydrogens is 174 g/mol. The fourth-order valence-corrected chi connectivity index (χ4v) is 1.60. The van der Waals surface area contributed by atoms with E-state index in [9.17, 15) is 0 Å². The quantitative estimate of drug-likeness (QED) is 0.721. The minimum atomic E-state index is 0.173. The SMILES string of the molecule is CCCCC(C)(CC)c1cnncn1. The average Bonchev–Trinajstić information content (AvgIpc) is 2.27. The molecule has 1 unspecified atom stereocenters. The Morgan fingerprint density at radius 2 is 2.07 bits per heavy atom. The van der Waals surface area contributed by atoms with Gasteiger partial charge in [-0.25, -0.2) is 4.98 Å². The Morgan fingerprint density at radius 3 is 2.57 bits per heavy atom. The lowest BCUT2D eigenvalue weighted by Gasteiger charge is -2.26. The summed E-state index contributed by atoms with van der Waals surface area (Å²) in [5.41, 5.74) is 1.25. The van der Waals surface area contributed by atoms with Crippen molar-refractivity contribution in [2.24, 2.45) is 0 Å². The van der Waals surface area contributed by atoms with Crippen LogP contribution in [0.3, 0.4) is 0 Å². The Labute approximate surface area is 86.0 Å². The molecule has 0 saturated heterocycles. The van der Waals surface area contributed by atoms with Gasteiger partial charge in [-0.05, 0) is 12.8 Å². The molecule has 0 aromatic carbocycles. The predicted octanol–water partition coefficient (Wildman–Crippen LogP) is 2.73. The molecule has 78 valence electrons. The summed E-state index contributed by atoms with van der Waals surface area (Å²) >= 11 is 0. The fraction of sp³-hybridized carbons (Fsp3) is 0.727. The highest BCUT2D eigenvalue weighted by atomic mass is 15.1. The van der Waals surface area contributed by atoms with Crippen LogP contribution in [0, 0.1) is 0 Å². The minimum absolute atomic E-state index is 0.173. The molecule has 3 heteroatoms. The molecule has 1 rings (SSSR count). The van der Waals surface area contributed by atoms with Crippen LogP contribution < -0.4 is 0 Å². The molecule has 0 N–H and O–H groups in total. The van der Waals surface area contributed by atoms with Gasteiger partial charge in [0.15, 0.2) is 0 Å². The lowest BCUT2D eigenvalue weighted by molar-refractivity contribution is 0.389. The number of aromatic nitrogens is 3. The van der Waals surface area contributed by atoms with Gasteiger partial charge >= 0.3 is 0 Å². The number of nitrogens with zero attached hydrogens (tertiary/aromatic N) is 3. The van der Waals surface area contributed by atoms with Crippen LogP contribution in [0.5, 0.6) is 0 Å². The molecule has 14 heavy (non-hydrogen) atoms. The van der Waals surface area contributed by atoms with Gasteiger partial charge in [0.25, 0.3) is 0 Å². The van der Waals surface area contributed by atoms with E-state index in [-0.39, 0.29) is 5.41 Å². The molecule has 3 nitrogen and oxygen atoms in total. The molecule has 0 amide bonds. The molecule has 1 aromatic rings. The van der Waals surface area contributed by atoms with Gasteiger partial charge in [-0.3, -0.25) is 0 Å². The van der Waals surface area contributed by atoms with Crippen LogP contribution in [0.25, 0.3) is 0 Å². The first-order valence-electron chi connectivity index (χ1n) is 5.36. The summed E-state index contributed by atoms with van der Waals surface area (Å²) in [6, 6.07) is 0. The highest BCUT2D eigenvalue weighted by molar-refractivity contribution is 5.09. The Morgan fingerprint density at radius 1 is 1.29 bits per heavy atom. The van der Waals surface area contributed by atoms with Crippen LogP contribution in [0.4, 0.5) is 0 Å². The van der Waals surface area contributed by atoms with Gasteiger partial charge in [-0.2, -0.15) is 5.10 Å². The second-order valence-corrected chi connectivity index (χ2v) is 4.01. The minimum Gasteiger partial charge on any atom is -0.237 e. The summed E-state index contributed by atoms with van der Waals surface area (Å²) in [6.07, 6.45) is 8.08. The number of hydrogen-bond acceptors (Lipinski definition) is 3. The predicted molar refractivity (Wildman–Crippen MR) is 57.0 cm³/mol. The lowest BCUT2D eigenvalue weighted by Crippen LogP contribution is -2.22. The largest absolute Gasteiger partial charge is 0.237 e. The van der Waals surface area contributed by atoms with Gasteiger partial charge < -0.3 is 0 Å². The monoisotopic (exact) mass is 193 g/mol. The molecule has 0 bridgehead atoms. The first kappa shape index (κ1) is 11.1. The van der Waals surface area contributed by atoms with Gasteiger partial charge in [0, 0.05) is 5.41 Å². The molecule has 1 heterocycles. The third-order valence-corrected chi connectivity index (χ3v) is 2.98. The van der Waals surface area contributed by atoms with Crippen LogP contribution in [0.1, 0.15) is 52.1 Å². The Bertz CT molecular complexity index is 260. The summed E-state index contributed by atoms with van der Waals surface area (Å²) in [7, 11) is 0. The smallest absolute Gasteiger partial charge is 0.138 e. The number of unbranched alkanes of at least 4 members (excludes halogenated alkanes) is 1. The van der Waals surface area contributed by atoms with E-state index in [2.05, 4.69) is 36.0 Å². The van der Waals surface area contributed by atoms with E-state index < -0.39 is 0 Å². The first-order chi connectivity index (χ1) is 6.73. The molecule has 0 radical (unpaired) electrons. The van der Waals surface area contributed by atoms with Crippen molar-refractivity contribution in [3.8, 4) is 0 Å². The van der Waals surface area contributed by atoms with Crippen molar-refractivity contribution < 1.29 is 0 Å². The second kappa shape index (κ2) is 5.03. The Hall–Kier alpha value is -0.990. The molecule has 0 saturated carbocycles. The van der Waals surface area contributed by atoms with Crippen LogP contribution in [0.2, 0.25) is 0 Å². The van der Waals surface area contributed by atoms with Crippen LogP contribution in [-0.4, -0.2) is 15.2 Å². The van der Waals surface area contributed by atoms with E-state index >= 15 is 0 Å². The first-order valence-corrected chi connectivity index (χ1v) is 5.36. The van der Waals surface area contributed by atoms with Gasteiger partial charge in [0.2, 0.25) is 0 Å². The maximum atomic E-state index is 4.30. The number of hydrogen-bond donors (Lipinski definition) is 0. The fourth-order valence-electron chi connectivity index (χ4n) is 1.60. The van der Waals surface area contributed by atoms with E-state index in [1.54, 1.807) is 6.20 Å². The normalized spacial score (nSPS) is 15.1. The molecule has 0 aliphatic carbocycles. The molecule has 1 atom stereocenters. The standard InChI is InChI=1S/C11H19N3/c1-4-6-7-11(3,5-2)10-8-13-14-9-12-10/h8-9H,4-7H2,1-3H3. The molecular formula is C11H19N3. The molecule has 1 aromatic heterocycles. The third-order valence-electron chi connectivity index (χ3n) is 2.98. The molecule has 0 spiro atoms. The van der Waals surface area contributed by atoms with Crippen LogP contribution in [-0.2, 0) is 5.41 Å². The maximum absolute atomic E-state index is 4.30. The molecule has 0 aliphatic heterocycles. The highest BCUT2D eigenvalue weighted by Gasteiger charge is 2.25. The van der Waals surface area contributed by atoms with Crippen LogP contribution in [0.15, 0.2) is 12.5 Å². The van der Waals surface area contributed by atoms with Crippen molar-refractivity contribution in [2.45, 2.75) is 51.9 Å². The van der Waals surface area contributed by atoms with Crippen LogP contribution >= 0.6 is 0 Å². The summed E-state index contributed by atoms with van der Waals surface area (Å²) < 4.78 is 0. The molecule has 0 aliphatic rings. The van der Waals surface area contributed by atoms with Gasteiger partial charge in [0.1, 0.15) is 6.33 Å².